The summed E-state index contributed by atoms with van der Waals surface area (Å²) in [7, 11) is 0. The van der Waals surface area contributed by atoms with Crippen LogP contribution in [0.3, 0.4) is 0 Å². The fraction of sp³-hybridized carbons (Fsp3) is 0.0625. The average molecular weight is 343 g/mol. The van der Waals surface area contributed by atoms with Gasteiger partial charge in [-0.15, -0.1) is 0 Å². The molecule has 0 saturated carbocycles. The van der Waals surface area contributed by atoms with E-state index in [0.29, 0.717) is 5.69 Å². The molecule has 0 spiro atoms. The van der Waals surface area contributed by atoms with Gasteiger partial charge in [-0.25, -0.2) is 9.69 Å². The fourth-order valence-corrected chi connectivity index (χ4v) is 3.49. The summed E-state index contributed by atoms with van der Waals surface area (Å²) in [4.78, 5) is 17.0. The minimum Gasteiger partial charge on any atom is -0.464 e. The topological polar surface area (TPSA) is 66.3 Å². The molecule has 3 rings (SSSR count). The van der Waals surface area contributed by atoms with Crippen molar-refractivity contribution in [3.05, 3.63) is 66.2 Å². The van der Waals surface area contributed by atoms with Crippen LogP contribution in [0.5, 0.6) is 0 Å². The zero-order chi connectivity index (χ0) is 16.1. The molecule has 0 fully saturated rings. The molecular formula is C16H13N3O2S2. The predicted molar refractivity (Wildman–Crippen MR) is 92.5 cm³/mol. The number of amides is 1. The van der Waals surface area contributed by atoms with Gasteiger partial charge < -0.3 is 5.11 Å². The van der Waals surface area contributed by atoms with Crippen molar-refractivity contribution >= 4 is 41.0 Å². The fourth-order valence-electron chi connectivity index (χ4n) is 1.96. The maximum absolute atomic E-state index is 11.5. The van der Waals surface area contributed by atoms with E-state index in [1.54, 1.807) is 36.0 Å². The number of hydrogen-bond donors (Lipinski definition) is 1. The minimum atomic E-state index is -1.10. The highest BCUT2D eigenvalue weighted by atomic mass is 32.2. The van der Waals surface area contributed by atoms with Crippen LogP contribution in [0.1, 0.15) is 5.56 Å². The monoisotopic (exact) mass is 343 g/mol. The zero-order valence-electron chi connectivity index (χ0n) is 12.0. The van der Waals surface area contributed by atoms with Crippen LogP contribution in [-0.4, -0.2) is 20.6 Å². The molecular weight excluding hydrogens is 330 g/mol. The van der Waals surface area contributed by atoms with E-state index in [1.807, 2.05) is 36.4 Å². The summed E-state index contributed by atoms with van der Waals surface area (Å²) in [6.07, 6.45) is -1.10. The van der Waals surface area contributed by atoms with Crippen LogP contribution in [0.15, 0.2) is 65.0 Å². The van der Waals surface area contributed by atoms with Crippen LogP contribution >= 0.6 is 23.3 Å². The molecule has 0 unspecified atom stereocenters. The van der Waals surface area contributed by atoms with Gasteiger partial charge in [0.1, 0.15) is 0 Å². The number of rotatable bonds is 5. The Bertz CT molecular complexity index is 778. The van der Waals surface area contributed by atoms with Crippen LogP contribution in [-0.2, 0) is 5.75 Å². The Morgan fingerprint density at radius 2 is 1.74 bits per heavy atom. The number of thioether (sulfide) groups is 1. The number of benzene rings is 2. The second-order valence-corrected chi connectivity index (χ2v) is 6.56. The number of para-hydroxylation sites is 1. The first kappa shape index (κ1) is 15.5. The van der Waals surface area contributed by atoms with Gasteiger partial charge in [0.15, 0.2) is 4.34 Å². The van der Waals surface area contributed by atoms with Gasteiger partial charge in [0.05, 0.1) is 5.69 Å². The van der Waals surface area contributed by atoms with Gasteiger partial charge in [0.2, 0.25) is 0 Å². The number of nitrogens with zero attached hydrogens (tertiary/aromatic N) is 3. The Labute approximate surface area is 141 Å². The molecule has 0 radical (unpaired) electrons. The Morgan fingerprint density at radius 1 is 1.09 bits per heavy atom. The molecule has 0 saturated heterocycles. The minimum absolute atomic E-state index is 0.185. The number of carbonyl (C=O) groups is 1. The van der Waals surface area contributed by atoms with E-state index in [1.165, 1.54) is 17.1 Å². The summed E-state index contributed by atoms with van der Waals surface area (Å²) in [5, 5.41) is 9.44. The van der Waals surface area contributed by atoms with Crippen molar-refractivity contribution in [2.75, 3.05) is 4.90 Å². The highest BCUT2D eigenvalue weighted by molar-refractivity contribution is 8.00. The summed E-state index contributed by atoms with van der Waals surface area (Å²) < 4.78 is 4.92. The van der Waals surface area contributed by atoms with Gasteiger partial charge in [-0.3, -0.25) is 0 Å². The summed E-state index contributed by atoms with van der Waals surface area (Å²) in [6, 6.07) is 18.9. The molecule has 1 N–H and O–H groups in total. The van der Waals surface area contributed by atoms with E-state index in [-0.39, 0.29) is 5.95 Å². The first-order valence-electron chi connectivity index (χ1n) is 6.82. The van der Waals surface area contributed by atoms with E-state index in [9.17, 15) is 9.90 Å². The molecule has 1 heterocycles. The van der Waals surface area contributed by atoms with Crippen molar-refractivity contribution in [3.8, 4) is 0 Å². The van der Waals surface area contributed by atoms with Gasteiger partial charge >= 0.3 is 6.09 Å². The van der Waals surface area contributed by atoms with Crippen LogP contribution in [0.4, 0.5) is 16.4 Å². The molecule has 0 bridgehead atoms. The van der Waals surface area contributed by atoms with E-state index < -0.39 is 6.09 Å². The van der Waals surface area contributed by atoms with Crippen LogP contribution in [0, 0.1) is 0 Å². The van der Waals surface area contributed by atoms with Gasteiger partial charge in [-0.05, 0) is 29.2 Å². The van der Waals surface area contributed by atoms with Crippen molar-refractivity contribution in [2.24, 2.45) is 0 Å². The quantitative estimate of drug-likeness (QED) is 0.683. The van der Waals surface area contributed by atoms with Gasteiger partial charge in [0, 0.05) is 5.75 Å². The summed E-state index contributed by atoms with van der Waals surface area (Å²) >= 11 is 2.75. The second-order valence-electron chi connectivity index (χ2n) is 4.59. The van der Waals surface area contributed by atoms with Crippen LogP contribution in [0.25, 0.3) is 0 Å². The highest BCUT2D eigenvalue weighted by Crippen LogP contribution is 2.29. The lowest BCUT2D eigenvalue weighted by atomic mass is 10.2. The Morgan fingerprint density at radius 3 is 2.39 bits per heavy atom. The van der Waals surface area contributed by atoms with E-state index in [0.717, 1.165) is 15.0 Å². The molecule has 3 aromatic rings. The average Bonchev–Trinajstić information content (AvgIpc) is 3.03. The van der Waals surface area contributed by atoms with Crippen molar-refractivity contribution in [3.63, 3.8) is 0 Å². The first-order valence-corrected chi connectivity index (χ1v) is 8.58. The standard InChI is InChI=1S/C16H13N3O2S2/c20-16(21)19(13-9-5-2-6-10-13)14-17-15(23-18-14)22-11-12-7-3-1-4-8-12/h1-10H,11H2,(H,20,21). The molecule has 0 aliphatic heterocycles. The summed E-state index contributed by atoms with van der Waals surface area (Å²) in [5.41, 5.74) is 1.71. The summed E-state index contributed by atoms with van der Waals surface area (Å²) in [6.45, 7) is 0. The molecule has 1 aromatic heterocycles. The van der Waals surface area contributed by atoms with Gasteiger partial charge in [-0.2, -0.15) is 9.36 Å². The molecule has 0 aliphatic carbocycles. The predicted octanol–water partition coefficient (Wildman–Crippen LogP) is 4.65. The molecule has 116 valence electrons. The molecule has 0 atom stereocenters. The normalized spacial score (nSPS) is 10.4. The maximum atomic E-state index is 11.5. The lowest BCUT2D eigenvalue weighted by molar-refractivity contribution is 0.204. The van der Waals surface area contributed by atoms with E-state index in [4.69, 9.17) is 0 Å². The molecule has 1 amide bonds. The van der Waals surface area contributed by atoms with Crippen molar-refractivity contribution < 1.29 is 9.90 Å². The van der Waals surface area contributed by atoms with Crippen molar-refractivity contribution in [1.29, 1.82) is 0 Å². The maximum Gasteiger partial charge on any atom is 0.418 e. The first-order chi connectivity index (χ1) is 11.2. The smallest absolute Gasteiger partial charge is 0.418 e. The van der Waals surface area contributed by atoms with Crippen LogP contribution in [0.2, 0.25) is 0 Å². The highest BCUT2D eigenvalue weighted by Gasteiger charge is 2.21. The number of anilines is 2. The molecule has 7 heteroatoms. The summed E-state index contributed by atoms with van der Waals surface area (Å²) in [5.74, 6) is 0.956. The lowest BCUT2D eigenvalue weighted by Gasteiger charge is -2.14. The Kier molecular flexibility index (Phi) is 4.89. The van der Waals surface area contributed by atoms with Crippen LogP contribution < -0.4 is 4.90 Å². The zero-order valence-corrected chi connectivity index (χ0v) is 13.6. The van der Waals surface area contributed by atoms with E-state index in [2.05, 4.69) is 9.36 Å². The van der Waals surface area contributed by atoms with Gasteiger partial charge in [0.25, 0.3) is 5.95 Å². The number of aromatic nitrogens is 2. The lowest BCUT2D eigenvalue weighted by Crippen LogP contribution is -2.24. The largest absolute Gasteiger partial charge is 0.464 e. The Balaban J connectivity index is 1.76. The van der Waals surface area contributed by atoms with Crippen molar-refractivity contribution in [1.82, 2.24) is 9.36 Å². The molecule has 0 aliphatic rings. The third-order valence-corrected chi connectivity index (χ3v) is 4.90. The second kappa shape index (κ2) is 7.26. The molecule has 23 heavy (non-hydrogen) atoms. The van der Waals surface area contributed by atoms with Crippen molar-refractivity contribution in [2.45, 2.75) is 10.1 Å². The third kappa shape index (κ3) is 3.88. The molecule has 5 nitrogen and oxygen atoms in total. The molecule has 2 aromatic carbocycles. The Hall–Kier alpha value is -2.38. The van der Waals surface area contributed by atoms with Gasteiger partial charge in [-0.1, -0.05) is 60.3 Å². The third-order valence-electron chi connectivity index (χ3n) is 3.01. The number of hydrogen-bond acceptors (Lipinski definition) is 5. The SMILES string of the molecule is O=C(O)N(c1ccccc1)c1nsc(SCc2ccccc2)n1. The number of carboxylic acid groups (broad SMARTS) is 1. The van der Waals surface area contributed by atoms with E-state index >= 15 is 0 Å².